The van der Waals surface area contributed by atoms with Crippen LogP contribution < -0.4 is 10.6 Å². The van der Waals surface area contributed by atoms with Crippen molar-refractivity contribution in [3.05, 3.63) is 54.0 Å². The molecule has 2 heterocycles. The fourth-order valence-corrected chi connectivity index (χ4v) is 4.01. The summed E-state index contributed by atoms with van der Waals surface area (Å²) in [4.78, 5) is 26.6. The van der Waals surface area contributed by atoms with Gasteiger partial charge < -0.3 is 15.1 Å². The third-order valence-electron chi connectivity index (χ3n) is 4.71. The van der Waals surface area contributed by atoms with E-state index in [0.29, 0.717) is 6.54 Å². The Morgan fingerprint density at radius 3 is 2.64 bits per heavy atom. The lowest BCUT2D eigenvalue weighted by atomic mass is 10.2. The minimum atomic E-state index is -0.103. The molecule has 1 fully saturated rings. The van der Waals surface area contributed by atoms with E-state index in [1.54, 1.807) is 6.26 Å². The highest BCUT2D eigenvalue weighted by Gasteiger charge is 2.25. The maximum absolute atomic E-state index is 12.2. The van der Waals surface area contributed by atoms with Crippen LogP contribution in [0.3, 0.4) is 0 Å². The highest BCUT2D eigenvalue weighted by molar-refractivity contribution is 8.00. The van der Waals surface area contributed by atoms with Gasteiger partial charge in [0.05, 0.1) is 23.8 Å². The Bertz CT molecular complexity index is 773. The number of hydrogen-bond acceptors (Lipinski definition) is 5. The Hall–Kier alpha value is -2.25. The highest BCUT2D eigenvalue weighted by atomic mass is 32.2. The van der Waals surface area contributed by atoms with Crippen LogP contribution in [0.2, 0.25) is 0 Å². The second-order valence-electron chi connectivity index (χ2n) is 6.99. The van der Waals surface area contributed by atoms with Crippen LogP contribution in [-0.2, 0) is 9.59 Å². The van der Waals surface area contributed by atoms with Crippen molar-refractivity contribution in [1.82, 2.24) is 10.2 Å². The van der Waals surface area contributed by atoms with Crippen molar-refractivity contribution in [3.63, 3.8) is 0 Å². The first kappa shape index (κ1) is 20.5. The number of nitrogens with zero attached hydrogens (tertiary/aromatic N) is 1. The third kappa shape index (κ3) is 6.14. The van der Waals surface area contributed by atoms with Gasteiger partial charge in [-0.05, 0) is 62.7 Å². The van der Waals surface area contributed by atoms with E-state index in [1.165, 1.54) is 24.6 Å². The summed E-state index contributed by atoms with van der Waals surface area (Å²) in [5, 5.41) is 5.84. The largest absolute Gasteiger partial charge is 0.468 e. The summed E-state index contributed by atoms with van der Waals surface area (Å²) in [7, 11) is 0. The van der Waals surface area contributed by atoms with E-state index in [2.05, 4.69) is 15.5 Å². The lowest BCUT2D eigenvalue weighted by molar-refractivity contribution is -0.118. The summed E-state index contributed by atoms with van der Waals surface area (Å²) in [5.74, 6) is 1.21. The van der Waals surface area contributed by atoms with E-state index < -0.39 is 0 Å². The highest BCUT2D eigenvalue weighted by Crippen LogP contribution is 2.24. The van der Waals surface area contributed by atoms with Crippen LogP contribution in [-0.4, -0.2) is 47.9 Å². The van der Waals surface area contributed by atoms with Crippen molar-refractivity contribution < 1.29 is 14.0 Å². The number of benzene rings is 1. The van der Waals surface area contributed by atoms with Gasteiger partial charge in [-0.3, -0.25) is 14.5 Å². The number of carbonyl (C=O) groups excluding carboxylic acids is 2. The Kier molecular flexibility index (Phi) is 7.56. The van der Waals surface area contributed by atoms with E-state index in [1.807, 2.05) is 43.3 Å². The number of rotatable bonds is 9. The summed E-state index contributed by atoms with van der Waals surface area (Å²) < 4.78 is 5.57. The molecule has 2 amide bonds. The van der Waals surface area contributed by atoms with Gasteiger partial charge in [0.15, 0.2) is 0 Å². The summed E-state index contributed by atoms with van der Waals surface area (Å²) >= 11 is 1.31. The number of furan rings is 1. The van der Waals surface area contributed by atoms with Crippen molar-refractivity contribution in [2.75, 3.05) is 36.5 Å². The second kappa shape index (κ2) is 10.3. The number of nitrogens with one attached hydrogen (secondary N) is 2. The fourth-order valence-electron chi connectivity index (χ4n) is 3.36. The first-order valence-corrected chi connectivity index (χ1v) is 10.8. The molecule has 1 atom stereocenters. The lowest BCUT2D eigenvalue weighted by Gasteiger charge is -2.25. The summed E-state index contributed by atoms with van der Waals surface area (Å²) in [6.07, 6.45) is 4.02. The van der Waals surface area contributed by atoms with Crippen LogP contribution >= 0.6 is 11.8 Å². The molecule has 1 aromatic heterocycles. The number of hydrogen-bond donors (Lipinski definition) is 2. The zero-order valence-corrected chi connectivity index (χ0v) is 17.0. The number of amides is 2. The van der Waals surface area contributed by atoms with E-state index in [0.717, 1.165) is 30.1 Å². The van der Waals surface area contributed by atoms with Gasteiger partial charge in [0.1, 0.15) is 5.76 Å². The second-order valence-corrected chi connectivity index (χ2v) is 7.97. The van der Waals surface area contributed by atoms with Gasteiger partial charge in [0, 0.05) is 12.2 Å². The molecule has 1 aliphatic rings. The first-order chi connectivity index (χ1) is 13.6. The topological polar surface area (TPSA) is 74.6 Å². The molecule has 2 N–H and O–H groups in total. The average Bonchev–Trinajstić information content (AvgIpc) is 3.36. The molecule has 150 valence electrons. The fraction of sp³-hybridized carbons (Fsp3) is 0.429. The minimum absolute atomic E-state index is 0.0656. The van der Waals surface area contributed by atoms with Gasteiger partial charge in [-0.2, -0.15) is 0 Å². The Morgan fingerprint density at radius 1 is 1.14 bits per heavy atom. The normalized spacial score (nSPS) is 15.3. The van der Waals surface area contributed by atoms with Crippen LogP contribution in [0.1, 0.15) is 30.2 Å². The molecule has 1 aromatic carbocycles. The molecule has 3 rings (SSSR count). The molecular formula is C21H27N3O3S. The first-order valence-electron chi connectivity index (χ1n) is 9.60. The predicted octanol–water partition coefficient (Wildman–Crippen LogP) is 3.21. The van der Waals surface area contributed by atoms with E-state index >= 15 is 0 Å². The van der Waals surface area contributed by atoms with Gasteiger partial charge in [0.2, 0.25) is 11.8 Å². The number of thioether (sulfide) groups is 1. The summed E-state index contributed by atoms with van der Waals surface area (Å²) in [6, 6.07) is 11.6. The third-order valence-corrected chi connectivity index (χ3v) is 5.65. The molecule has 6 nitrogen and oxygen atoms in total. The predicted molar refractivity (Wildman–Crippen MR) is 112 cm³/mol. The number of carbonyl (C=O) groups is 2. The van der Waals surface area contributed by atoms with Crippen molar-refractivity contribution in [2.24, 2.45) is 0 Å². The quantitative estimate of drug-likeness (QED) is 0.675. The van der Waals surface area contributed by atoms with Gasteiger partial charge >= 0.3 is 0 Å². The Labute approximate surface area is 170 Å². The molecule has 0 radical (unpaired) electrons. The van der Waals surface area contributed by atoms with Gasteiger partial charge in [-0.1, -0.05) is 12.1 Å². The van der Waals surface area contributed by atoms with E-state index in [9.17, 15) is 9.59 Å². The van der Waals surface area contributed by atoms with Crippen LogP contribution in [0.4, 0.5) is 5.69 Å². The molecule has 1 saturated heterocycles. The van der Waals surface area contributed by atoms with Crippen LogP contribution in [0.25, 0.3) is 0 Å². The molecule has 2 aromatic rings. The Balaban J connectivity index is 1.39. The standard InChI is InChI=1S/C21H27N3O3S/c1-16-6-4-7-17(12-16)23-21(26)15-28-14-20(25)22-13-18(19-8-5-11-27-19)24-9-2-3-10-24/h4-8,11-12,18H,2-3,9-10,13-15H2,1H3,(H,22,25)(H,23,26). The molecule has 28 heavy (non-hydrogen) atoms. The SMILES string of the molecule is Cc1cccc(NC(=O)CSCC(=O)NCC(c2ccco2)N2CCCC2)c1. The maximum Gasteiger partial charge on any atom is 0.234 e. The average molecular weight is 402 g/mol. The molecule has 0 spiro atoms. The van der Waals surface area contributed by atoms with E-state index in [4.69, 9.17) is 4.42 Å². The van der Waals surface area contributed by atoms with Crippen LogP contribution in [0, 0.1) is 6.92 Å². The number of aryl methyl sites for hydroxylation is 1. The zero-order chi connectivity index (χ0) is 19.8. The van der Waals surface area contributed by atoms with Crippen LogP contribution in [0.5, 0.6) is 0 Å². The summed E-state index contributed by atoms with van der Waals surface area (Å²) in [6.45, 7) is 4.54. The van der Waals surface area contributed by atoms with Crippen molar-refractivity contribution >= 4 is 29.3 Å². The van der Waals surface area contributed by atoms with Crippen molar-refractivity contribution in [1.29, 1.82) is 0 Å². The number of anilines is 1. The van der Waals surface area contributed by atoms with Crippen molar-refractivity contribution in [3.8, 4) is 0 Å². The van der Waals surface area contributed by atoms with Gasteiger partial charge in [-0.15, -0.1) is 11.8 Å². The van der Waals surface area contributed by atoms with E-state index in [-0.39, 0.29) is 29.4 Å². The maximum atomic E-state index is 12.2. The molecule has 1 unspecified atom stereocenters. The minimum Gasteiger partial charge on any atom is -0.468 e. The smallest absolute Gasteiger partial charge is 0.234 e. The molecule has 0 bridgehead atoms. The molecule has 0 aliphatic carbocycles. The zero-order valence-electron chi connectivity index (χ0n) is 16.1. The van der Waals surface area contributed by atoms with Crippen molar-refractivity contribution in [2.45, 2.75) is 25.8 Å². The number of likely N-dealkylation sites (tertiary alicyclic amines) is 1. The molecule has 7 heteroatoms. The molecular weight excluding hydrogens is 374 g/mol. The van der Waals surface area contributed by atoms with Gasteiger partial charge in [-0.25, -0.2) is 0 Å². The van der Waals surface area contributed by atoms with Crippen LogP contribution in [0.15, 0.2) is 47.1 Å². The van der Waals surface area contributed by atoms with Gasteiger partial charge in [0.25, 0.3) is 0 Å². The summed E-state index contributed by atoms with van der Waals surface area (Å²) in [5.41, 5.74) is 1.87. The Morgan fingerprint density at radius 2 is 1.93 bits per heavy atom. The molecule has 1 aliphatic heterocycles. The monoisotopic (exact) mass is 401 g/mol. The lowest BCUT2D eigenvalue weighted by Crippen LogP contribution is -2.37. The molecule has 0 saturated carbocycles.